The van der Waals surface area contributed by atoms with Crippen molar-refractivity contribution >= 4 is 22.9 Å². The molecule has 0 unspecified atom stereocenters. The molecule has 110 valence electrons. The van der Waals surface area contributed by atoms with Gasteiger partial charge >= 0.3 is 0 Å². The van der Waals surface area contributed by atoms with Gasteiger partial charge in [-0.25, -0.2) is 4.98 Å². The predicted octanol–water partition coefficient (Wildman–Crippen LogP) is 4.07. The van der Waals surface area contributed by atoms with Gasteiger partial charge in [0.15, 0.2) is 0 Å². The number of amides is 1. The number of hydrogen-bond donors (Lipinski definition) is 1. The minimum Gasteiger partial charge on any atom is -0.497 e. The fourth-order valence-corrected chi connectivity index (χ4v) is 2.67. The first-order valence-electron chi connectivity index (χ1n) is 6.71. The zero-order valence-electron chi connectivity index (χ0n) is 11.9. The molecule has 5 heteroatoms. The Morgan fingerprint density at radius 3 is 2.68 bits per heavy atom. The summed E-state index contributed by atoms with van der Waals surface area (Å²) in [6.07, 6.45) is 1.78. The third-order valence-corrected chi connectivity index (χ3v) is 3.98. The molecule has 0 spiro atoms. The van der Waals surface area contributed by atoms with E-state index in [-0.39, 0.29) is 5.91 Å². The van der Waals surface area contributed by atoms with Gasteiger partial charge in [0.05, 0.1) is 7.11 Å². The van der Waals surface area contributed by atoms with Crippen LogP contribution >= 0.6 is 11.3 Å². The molecule has 0 aliphatic rings. The number of aromatic nitrogens is 1. The largest absolute Gasteiger partial charge is 0.497 e. The summed E-state index contributed by atoms with van der Waals surface area (Å²) >= 11 is 1.58. The van der Waals surface area contributed by atoms with Gasteiger partial charge in [0.2, 0.25) is 0 Å². The van der Waals surface area contributed by atoms with Crippen LogP contribution in [0.5, 0.6) is 5.75 Å². The summed E-state index contributed by atoms with van der Waals surface area (Å²) in [6, 6.07) is 14.7. The zero-order chi connectivity index (χ0) is 15.4. The van der Waals surface area contributed by atoms with Crippen LogP contribution in [0, 0.1) is 0 Å². The number of nitrogens with zero attached hydrogens (tertiary/aromatic N) is 1. The fourth-order valence-electron chi connectivity index (χ4n) is 2.03. The number of rotatable bonds is 4. The molecule has 3 aromatic rings. The van der Waals surface area contributed by atoms with Crippen LogP contribution in [0.1, 0.15) is 10.4 Å². The van der Waals surface area contributed by atoms with Gasteiger partial charge in [-0.2, -0.15) is 0 Å². The molecule has 0 aliphatic carbocycles. The normalized spacial score (nSPS) is 10.2. The summed E-state index contributed by atoms with van der Waals surface area (Å²) in [4.78, 5) is 16.5. The fraction of sp³-hybridized carbons (Fsp3) is 0.0588. The van der Waals surface area contributed by atoms with E-state index in [2.05, 4.69) is 10.3 Å². The minimum absolute atomic E-state index is 0.166. The van der Waals surface area contributed by atoms with Crippen molar-refractivity contribution in [2.45, 2.75) is 0 Å². The maximum Gasteiger partial charge on any atom is 0.255 e. The summed E-state index contributed by atoms with van der Waals surface area (Å²) in [5, 5.41) is 5.77. The van der Waals surface area contributed by atoms with Crippen molar-refractivity contribution in [3.8, 4) is 16.3 Å². The van der Waals surface area contributed by atoms with Gasteiger partial charge in [-0.05, 0) is 42.5 Å². The number of carbonyl (C=O) groups excluding carboxylic acids is 1. The quantitative estimate of drug-likeness (QED) is 0.790. The molecule has 2 aromatic carbocycles. The van der Waals surface area contributed by atoms with Crippen LogP contribution in [0.2, 0.25) is 0 Å². The molecular formula is C17H14N2O2S. The molecule has 1 heterocycles. The van der Waals surface area contributed by atoms with E-state index >= 15 is 0 Å². The van der Waals surface area contributed by atoms with E-state index in [9.17, 15) is 4.79 Å². The third-order valence-electron chi connectivity index (χ3n) is 3.15. The highest BCUT2D eigenvalue weighted by Gasteiger charge is 2.07. The molecule has 4 nitrogen and oxygen atoms in total. The number of benzene rings is 2. The molecule has 0 fully saturated rings. The lowest BCUT2D eigenvalue weighted by Crippen LogP contribution is -2.11. The Hall–Kier alpha value is -2.66. The Morgan fingerprint density at radius 1 is 1.18 bits per heavy atom. The average Bonchev–Trinajstić information content (AvgIpc) is 3.10. The number of hydrogen-bond acceptors (Lipinski definition) is 4. The smallest absolute Gasteiger partial charge is 0.255 e. The molecule has 1 N–H and O–H groups in total. The molecule has 0 radical (unpaired) electrons. The number of methoxy groups -OCH3 is 1. The number of thiazole rings is 1. The minimum atomic E-state index is -0.166. The lowest BCUT2D eigenvalue weighted by Gasteiger charge is -2.07. The summed E-state index contributed by atoms with van der Waals surface area (Å²) < 4.78 is 5.13. The van der Waals surface area contributed by atoms with Gasteiger partial charge in [-0.15, -0.1) is 11.3 Å². The lowest BCUT2D eigenvalue weighted by molar-refractivity contribution is 0.102. The second-order valence-corrected chi connectivity index (χ2v) is 5.50. The second kappa shape index (κ2) is 6.41. The van der Waals surface area contributed by atoms with Gasteiger partial charge in [-0.3, -0.25) is 4.79 Å². The van der Waals surface area contributed by atoms with E-state index in [1.807, 2.05) is 29.6 Å². The molecule has 22 heavy (non-hydrogen) atoms. The van der Waals surface area contributed by atoms with Gasteiger partial charge in [-0.1, -0.05) is 6.07 Å². The third kappa shape index (κ3) is 3.15. The van der Waals surface area contributed by atoms with Crippen LogP contribution in [-0.4, -0.2) is 18.0 Å². The Bertz CT molecular complexity index is 768. The number of carbonyl (C=O) groups is 1. The lowest BCUT2D eigenvalue weighted by atomic mass is 10.2. The molecule has 0 aliphatic heterocycles. The molecule has 3 rings (SSSR count). The summed E-state index contributed by atoms with van der Waals surface area (Å²) in [7, 11) is 1.58. The maximum atomic E-state index is 12.2. The van der Waals surface area contributed by atoms with E-state index in [0.29, 0.717) is 11.3 Å². The van der Waals surface area contributed by atoms with E-state index < -0.39 is 0 Å². The summed E-state index contributed by atoms with van der Waals surface area (Å²) in [6.45, 7) is 0. The van der Waals surface area contributed by atoms with Gasteiger partial charge in [0, 0.05) is 28.4 Å². The van der Waals surface area contributed by atoms with E-state index in [0.717, 1.165) is 16.3 Å². The van der Waals surface area contributed by atoms with E-state index in [4.69, 9.17) is 4.74 Å². The standard InChI is InChI=1S/C17H14N2O2S/c1-21-15-4-2-3-13(11-15)16(20)19-14-7-5-12(6-8-14)17-18-9-10-22-17/h2-11H,1H3,(H,19,20). The second-order valence-electron chi connectivity index (χ2n) is 4.60. The van der Waals surface area contributed by atoms with Crippen LogP contribution in [0.25, 0.3) is 10.6 Å². The molecule has 0 bridgehead atoms. The van der Waals surface area contributed by atoms with Crippen molar-refractivity contribution in [3.05, 3.63) is 65.7 Å². The van der Waals surface area contributed by atoms with Crippen molar-refractivity contribution in [1.29, 1.82) is 0 Å². The predicted molar refractivity (Wildman–Crippen MR) is 88.5 cm³/mol. The molecule has 1 amide bonds. The highest BCUT2D eigenvalue weighted by Crippen LogP contribution is 2.23. The first-order valence-corrected chi connectivity index (χ1v) is 7.59. The number of anilines is 1. The molecule has 0 saturated carbocycles. The Morgan fingerprint density at radius 2 is 2.00 bits per heavy atom. The molecule has 1 aromatic heterocycles. The van der Waals surface area contributed by atoms with Crippen molar-refractivity contribution in [3.63, 3.8) is 0 Å². The summed E-state index contributed by atoms with van der Waals surface area (Å²) in [5.41, 5.74) is 2.34. The zero-order valence-corrected chi connectivity index (χ0v) is 12.8. The summed E-state index contributed by atoms with van der Waals surface area (Å²) in [5.74, 6) is 0.493. The van der Waals surface area contributed by atoms with Crippen LogP contribution in [0.3, 0.4) is 0 Å². The van der Waals surface area contributed by atoms with Gasteiger partial charge in [0.25, 0.3) is 5.91 Å². The number of nitrogens with one attached hydrogen (secondary N) is 1. The van der Waals surface area contributed by atoms with Crippen LogP contribution in [0.4, 0.5) is 5.69 Å². The molecular weight excluding hydrogens is 296 g/mol. The average molecular weight is 310 g/mol. The molecule has 0 saturated heterocycles. The van der Waals surface area contributed by atoms with E-state index in [1.54, 1.807) is 48.9 Å². The highest BCUT2D eigenvalue weighted by molar-refractivity contribution is 7.13. The van der Waals surface area contributed by atoms with E-state index in [1.165, 1.54) is 0 Å². The Balaban J connectivity index is 1.74. The first-order chi connectivity index (χ1) is 10.8. The van der Waals surface area contributed by atoms with Crippen molar-refractivity contribution in [2.24, 2.45) is 0 Å². The maximum absolute atomic E-state index is 12.2. The van der Waals surface area contributed by atoms with Crippen molar-refractivity contribution in [2.75, 3.05) is 12.4 Å². The molecule has 0 atom stereocenters. The van der Waals surface area contributed by atoms with Crippen LogP contribution in [-0.2, 0) is 0 Å². The monoisotopic (exact) mass is 310 g/mol. The Kier molecular flexibility index (Phi) is 4.16. The number of ether oxygens (including phenoxy) is 1. The SMILES string of the molecule is COc1cccc(C(=O)Nc2ccc(-c3nccs3)cc2)c1. The van der Waals surface area contributed by atoms with Crippen molar-refractivity contribution in [1.82, 2.24) is 4.98 Å². The van der Waals surface area contributed by atoms with Gasteiger partial charge < -0.3 is 10.1 Å². The van der Waals surface area contributed by atoms with Crippen LogP contribution in [0.15, 0.2) is 60.1 Å². The topological polar surface area (TPSA) is 51.2 Å². The van der Waals surface area contributed by atoms with Crippen LogP contribution < -0.4 is 10.1 Å². The highest BCUT2D eigenvalue weighted by atomic mass is 32.1. The Labute approximate surface area is 132 Å². The first kappa shape index (κ1) is 14.3. The van der Waals surface area contributed by atoms with Gasteiger partial charge in [0.1, 0.15) is 10.8 Å². The van der Waals surface area contributed by atoms with Crippen molar-refractivity contribution < 1.29 is 9.53 Å².